The lowest BCUT2D eigenvalue weighted by Gasteiger charge is -2.34. The van der Waals surface area contributed by atoms with Gasteiger partial charge in [-0.1, -0.05) is 17.7 Å². The van der Waals surface area contributed by atoms with Crippen molar-refractivity contribution in [3.63, 3.8) is 0 Å². The van der Waals surface area contributed by atoms with Gasteiger partial charge < -0.3 is 15.0 Å². The van der Waals surface area contributed by atoms with Crippen LogP contribution in [0.25, 0.3) is 11.0 Å². The number of methoxy groups -OCH3 is 1. The third-order valence-electron chi connectivity index (χ3n) is 6.82. The predicted molar refractivity (Wildman–Crippen MR) is 130 cm³/mol. The summed E-state index contributed by atoms with van der Waals surface area (Å²) < 4.78 is 33.9. The van der Waals surface area contributed by atoms with Gasteiger partial charge in [0, 0.05) is 18.5 Å². The van der Waals surface area contributed by atoms with Crippen molar-refractivity contribution in [2.24, 2.45) is 5.92 Å². The van der Waals surface area contributed by atoms with Gasteiger partial charge in [-0.15, -0.1) is 0 Å². The number of aromatic nitrogens is 3. The van der Waals surface area contributed by atoms with Crippen LogP contribution in [-0.4, -0.2) is 46.5 Å². The van der Waals surface area contributed by atoms with E-state index in [1.165, 1.54) is 7.11 Å². The Kier molecular flexibility index (Phi) is 5.91. The number of pyridine rings is 1. The van der Waals surface area contributed by atoms with Crippen LogP contribution in [0.3, 0.4) is 0 Å². The summed E-state index contributed by atoms with van der Waals surface area (Å²) in [5.74, 6) is -3.44. The minimum absolute atomic E-state index is 0.0258. The Morgan fingerprint density at radius 1 is 1.33 bits per heavy atom. The molecule has 1 aliphatic carbocycles. The van der Waals surface area contributed by atoms with Gasteiger partial charge in [0.1, 0.15) is 11.2 Å². The van der Waals surface area contributed by atoms with E-state index in [0.29, 0.717) is 29.7 Å². The summed E-state index contributed by atoms with van der Waals surface area (Å²) in [5, 5.41) is 13.2. The number of benzene rings is 1. The molecule has 2 aromatic heterocycles. The summed E-state index contributed by atoms with van der Waals surface area (Å²) in [4.78, 5) is 27.1. The zero-order valence-electron chi connectivity index (χ0n) is 19.8. The number of nitriles is 1. The Bertz CT molecular complexity index is 1430. The highest BCUT2D eigenvalue weighted by Crippen LogP contribution is 2.49. The van der Waals surface area contributed by atoms with Gasteiger partial charge >= 0.3 is 5.97 Å². The molecule has 2 unspecified atom stereocenters. The number of carbonyl (C=O) groups excluding carboxylic acids is 1. The number of hydrogen-bond donors (Lipinski definition) is 1. The average molecular weight is 513 g/mol. The van der Waals surface area contributed by atoms with E-state index < -0.39 is 24.0 Å². The molecule has 2 aliphatic rings. The number of alkyl halides is 2. The number of piperidine rings is 1. The third-order valence-corrected chi connectivity index (χ3v) is 7.03. The Labute approximate surface area is 211 Å². The second-order valence-corrected chi connectivity index (χ2v) is 9.74. The molecule has 2 bridgehead atoms. The number of halogens is 3. The molecule has 3 atom stereocenters. The van der Waals surface area contributed by atoms with Crippen molar-refractivity contribution in [2.75, 3.05) is 23.9 Å². The Morgan fingerprint density at radius 3 is 2.78 bits per heavy atom. The first-order chi connectivity index (χ1) is 17.1. The number of esters is 1. The van der Waals surface area contributed by atoms with Crippen molar-refractivity contribution < 1.29 is 18.3 Å². The molecule has 5 rings (SSSR count). The molecule has 1 N–H and O–H groups in total. The van der Waals surface area contributed by atoms with Gasteiger partial charge in [0.15, 0.2) is 17.2 Å². The lowest BCUT2D eigenvalue weighted by Crippen LogP contribution is -2.46. The number of fused-ring (bicyclic) bond motifs is 3. The van der Waals surface area contributed by atoms with Gasteiger partial charge in [0.05, 0.1) is 35.9 Å². The monoisotopic (exact) mass is 512 g/mol. The highest BCUT2D eigenvalue weighted by molar-refractivity contribution is 6.29. The number of aryl methyl sites for hydroxylation is 1. The van der Waals surface area contributed by atoms with E-state index in [0.717, 1.165) is 11.1 Å². The van der Waals surface area contributed by atoms with Crippen molar-refractivity contribution in [1.29, 1.82) is 5.26 Å². The van der Waals surface area contributed by atoms with Gasteiger partial charge in [0.2, 0.25) is 0 Å². The quantitative estimate of drug-likeness (QED) is 0.374. The first-order valence-electron chi connectivity index (χ1n) is 11.5. The summed E-state index contributed by atoms with van der Waals surface area (Å²) in [7, 11) is 1.25. The molecule has 1 aliphatic heterocycles. The van der Waals surface area contributed by atoms with Gasteiger partial charge in [-0.2, -0.15) is 5.26 Å². The normalized spacial score (nSPS) is 20.9. The first kappa shape index (κ1) is 24.1. The minimum atomic E-state index is -2.83. The number of carbonyl (C=O) groups is 1. The van der Waals surface area contributed by atoms with Gasteiger partial charge in [-0.3, -0.25) is 0 Å². The summed E-state index contributed by atoms with van der Waals surface area (Å²) in [6.07, 6.45) is 0.232. The molecular formula is C25H23ClF2N6O2. The van der Waals surface area contributed by atoms with E-state index in [2.05, 4.69) is 15.3 Å². The molecule has 3 aromatic rings. The van der Waals surface area contributed by atoms with Crippen LogP contribution in [0.5, 0.6) is 0 Å². The molecule has 2 fully saturated rings. The van der Waals surface area contributed by atoms with Gasteiger partial charge in [0.25, 0.3) is 5.92 Å². The average Bonchev–Trinajstić information content (AvgIpc) is 3.39. The molecule has 0 spiro atoms. The lowest BCUT2D eigenvalue weighted by molar-refractivity contribution is -0.0206. The standard InChI is InChI=1S/C25H23ClF2N6O2/c1-12-6-15(13(2)30-16-4-5-20(26)32-22(16)24(35)36-3)21-17(7-12)31-18(10-29)23(33-21)34-11-14-8-19(34)25(27,28)9-14/h4-7,13-14,19,30H,8-9,11H2,1-3H3/t13-,14?,19?/m1/s1. The topological polar surface area (TPSA) is 104 Å². The third kappa shape index (κ3) is 4.07. The molecule has 8 nitrogen and oxygen atoms in total. The van der Waals surface area contributed by atoms with E-state index in [1.807, 2.05) is 26.0 Å². The van der Waals surface area contributed by atoms with Crippen molar-refractivity contribution in [3.05, 3.63) is 51.9 Å². The van der Waals surface area contributed by atoms with Crippen LogP contribution in [0.4, 0.5) is 20.3 Å². The summed E-state index contributed by atoms with van der Waals surface area (Å²) >= 11 is 5.98. The summed E-state index contributed by atoms with van der Waals surface area (Å²) in [6, 6.07) is 7.55. The minimum Gasteiger partial charge on any atom is -0.464 e. The fraction of sp³-hybridized carbons (Fsp3) is 0.400. The van der Waals surface area contributed by atoms with E-state index in [9.17, 15) is 18.8 Å². The largest absolute Gasteiger partial charge is 0.464 e. The number of anilines is 2. The molecule has 11 heteroatoms. The van der Waals surface area contributed by atoms with Crippen LogP contribution in [0.1, 0.15) is 53.1 Å². The second kappa shape index (κ2) is 8.82. The number of hydrogen-bond acceptors (Lipinski definition) is 8. The smallest absolute Gasteiger partial charge is 0.358 e. The lowest BCUT2D eigenvalue weighted by atomic mass is 10.0. The molecular weight excluding hydrogens is 490 g/mol. The molecule has 0 amide bonds. The number of rotatable bonds is 5. The summed E-state index contributed by atoms with van der Waals surface area (Å²) in [5.41, 5.74) is 3.04. The number of ether oxygens (including phenoxy) is 1. The molecule has 1 saturated heterocycles. The summed E-state index contributed by atoms with van der Waals surface area (Å²) in [6.45, 7) is 4.18. The van der Waals surface area contributed by atoms with Crippen molar-refractivity contribution in [1.82, 2.24) is 15.0 Å². The van der Waals surface area contributed by atoms with E-state index in [1.54, 1.807) is 23.1 Å². The maximum absolute atomic E-state index is 14.6. The van der Waals surface area contributed by atoms with Crippen LogP contribution in [-0.2, 0) is 4.74 Å². The molecule has 3 heterocycles. The molecule has 36 heavy (non-hydrogen) atoms. The molecule has 0 radical (unpaired) electrons. The second-order valence-electron chi connectivity index (χ2n) is 9.35. The van der Waals surface area contributed by atoms with Crippen molar-refractivity contribution in [3.8, 4) is 6.07 Å². The van der Waals surface area contributed by atoms with E-state index >= 15 is 0 Å². The van der Waals surface area contributed by atoms with Crippen molar-refractivity contribution in [2.45, 2.75) is 44.7 Å². The molecule has 1 aromatic carbocycles. The van der Waals surface area contributed by atoms with Crippen LogP contribution < -0.4 is 10.2 Å². The molecule has 186 valence electrons. The maximum Gasteiger partial charge on any atom is 0.358 e. The maximum atomic E-state index is 14.6. The first-order valence-corrected chi connectivity index (χ1v) is 11.9. The van der Waals surface area contributed by atoms with Gasteiger partial charge in [-0.05, 0) is 49.9 Å². The zero-order valence-corrected chi connectivity index (χ0v) is 20.6. The van der Waals surface area contributed by atoms with Crippen LogP contribution in [0.15, 0.2) is 24.3 Å². The van der Waals surface area contributed by atoms with Crippen molar-refractivity contribution >= 4 is 40.1 Å². The Hall–Kier alpha value is -3.58. The zero-order chi connectivity index (χ0) is 25.8. The number of nitrogens with one attached hydrogen (secondary N) is 1. The fourth-order valence-corrected chi connectivity index (χ4v) is 5.42. The highest BCUT2D eigenvalue weighted by Gasteiger charge is 2.57. The number of nitrogens with zero attached hydrogens (tertiary/aromatic N) is 5. The van der Waals surface area contributed by atoms with Crippen LogP contribution in [0.2, 0.25) is 5.15 Å². The fourth-order valence-electron chi connectivity index (χ4n) is 5.27. The highest BCUT2D eigenvalue weighted by atomic mass is 35.5. The van der Waals surface area contributed by atoms with E-state index in [-0.39, 0.29) is 34.7 Å². The Balaban J connectivity index is 1.59. The van der Waals surface area contributed by atoms with Crippen LogP contribution >= 0.6 is 11.6 Å². The molecule has 1 saturated carbocycles. The SMILES string of the molecule is COC(=O)c1nc(Cl)ccc1N[C@H](C)c1cc(C)cc2nc(C#N)c(N3CC4CC3C(F)(F)C4)nc12. The van der Waals surface area contributed by atoms with Gasteiger partial charge in [-0.25, -0.2) is 28.5 Å². The Morgan fingerprint density at radius 2 is 2.11 bits per heavy atom. The predicted octanol–water partition coefficient (Wildman–Crippen LogP) is 5.05. The van der Waals surface area contributed by atoms with Crippen LogP contribution in [0, 0.1) is 24.2 Å². The van der Waals surface area contributed by atoms with E-state index in [4.69, 9.17) is 21.3 Å².